The highest BCUT2D eigenvalue weighted by atomic mass is 35.5. The van der Waals surface area contributed by atoms with Gasteiger partial charge in [-0.15, -0.1) is 0 Å². The van der Waals surface area contributed by atoms with Gasteiger partial charge in [0.05, 0.1) is 51.6 Å². The minimum Gasteiger partial charge on any atom is -0.460 e. The van der Waals surface area contributed by atoms with Crippen molar-refractivity contribution in [3.8, 4) is 0 Å². The molecule has 2 aliphatic rings. The highest BCUT2D eigenvalue weighted by Gasteiger charge is 2.52. The molecule has 0 aromatic heterocycles. The monoisotopic (exact) mass is 1770 g/mol. The van der Waals surface area contributed by atoms with Crippen LogP contribution in [0.15, 0.2) is 158 Å². The van der Waals surface area contributed by atoms with E-state index in [-0.39, 0.29) is 91.2 Å². The largest absolute Gasteiger partial charge is 0.475 e. The van der Waals surface area contributed by atoms with Crippen LogP contribution in [-0.2, 0) is 68.8 Å². The van der Waals surface area contributed by atoms with E-state index in [1.807, 2.05) is 120 Å². The molecule has 0 bridgehead atoms. The van der Waals surface area contributed by atoms with Crippen LogP contribution in [0.4, 0.5) is 0 Å². The molecule has 5 amide bonds. The standard InChI is InChI=1S/C21H25BClNO4.C20H22BCl2NO4.C18H28BNO4.C16H30BNO5.C15H20BNO4/c1-14-4-6-15(7-5-14)12-17(22(27)28)13-19(25)21(2,3)24-20(26)16-8-10-18(23)11-9-16;1-20(2,24-19(26)14-5-9-17(23)10-6-14)18(25)12-15(21(27)28)11-13-3-7-16(22)8-4-13;1-13(2)10-16(19(23)24)20-17(22)18(3,4)12-15(21)11-14-8-6-5-7-9-14;1-11(2)9-12(17(21)22)18-14(20)16(7-6-8-16)10-13(19)23-15(3,4)5;1-11(18)10-15(7-8-15)14(19)17-13(16(20)21)9-12-5-3-2-4-6-12/h4-11,17,27-28H,12-13H2,1-3H3,(H,24,26);3-10,15,27-28H,11-12H2,1-2H3,(H,24,26);5-9,13,16,23-24H,10-12H2,1-4H3,(H,20,22);11-12,21-22H,6-10H2,1-5H3,(H,18,20);2-6,13,20-21H,7-10H2,1H3,(H,17,19)/t17-;15-;16-;12-;13-/m11000/s1. The number of amides is 5. The number of aryl methyl sites for hydroxylation is 1. The second-order valence-electron chi connectivity index (χ2n) is 36.0. The van der Waals surface area contributed by atoms with Crippen molar-refractivity contribution in [2.75, 3.05) is 0 Å². The van der Waals surface area contributed by atoms with Gasteiger partial charge in [0, 0.05) is 69.9 Å². The van der Waals surface area contributed by atoms with E-state index in [0.717, 1.165) is 34.2 Å². The van der Waals surface area contributed by atoms with Gasteiger partial charge < -0.3 is 81.6 Å². The zero-order valence-corrected chi connectivity index (χ0v) is 76.1. The second-order valence-corrected chi connectivity index (χ2v) is 37.4. The number of carbonyl (C=O) groups excluding carboxylic acids is 10. The van der Waals surface area contributed by atoms with Crippen molar-refractivity contribution in [1.82, 2.24) is 26.6 Å². The van der Waals surface area contributed by atoms with Gasteiger partial charge in [0.2, 0.25) is 17.7 Å². The van der Waals surface area contributed by atoms with Crippen LogP contribution in [-0.4, -0.2) is 179 Å². The van der Waals surface area contributed by atoms with E-state index in [1.165, 1.54) is 6.92 Å². The molecular formula is C90H125B5Cl3N5O21. The van der Waals surface area contributed by atoms with Crippen LogP contribution in [0.5, 0.6) is 0 Å². The van der Waals surface area contributed by atoms with Gasteiger partial charge in [0.1, 0.15) is 17.2 Å². The van der Waals surface area contributed by atoms with Crippen LogP contribution in [0.3, 0.4) is 0 Å². The minimum atomic E-state index is -1.66. The van der Waals surface area contributed by atoms with E-state index in [9.17, 15) is 98.2 Å². The normalized spacial score (nSPS) is 14.3. The van der Waals surface area contributed by atoms with Crippen LogP contribution < -0.4 is 26.6 Å². The average molecular weight is 1770 g/mol. The Balaban J connectivity index is 0.000000327. The van der Waals surface area contributed by atoms with E-state index < -0.39 is 116 Å². The molecule has 0 radical (unpaired) electrons. The van der Waals surface area contributed by atoms with E-state index in [1.54, 1.807) is 135 Å². The number of benzene rings is 6. The highest BCUT2D eigenvalue weighted by molar-refractivity contribution is 6.45. The van der Waals surface area contributed by atoms with Crippen molar-refractivity contribution in [2.45, 2.75) is 253 Å². The van der Waals surface area contributed by atoms with Gasteiger partial charge in [0.25, 0.3) is 11.8 Å². The Morgan fingerprint density at radius 2 is 0.790 bits per heavy atom. The van der Waals surface area contributed by atoms with Crippen molar-refractivity contribution >= 4 is 129 Å². The zero-order valence-electron chi connectivity index (χ0n) is 73.8. The molecule has 0 unspecified atom stereocenters. The average Bonchev–Trinajstić information content (AvgIpc) is 1.65. The van der Waals surface area contributed by atoms with Crippen LogP contribution in [0, 0.1) is 35.0 Å². The van der Waals surface area contributed by atoms with Crippen molar-refractivity contribution in [1.29, 1.82) is 0 Å². The van der Waals surface area contributed by atoms with Gasteiger partial charge in [-0.3, -0.25) is 47.9 Å². The van der Waals surface area contributed by atoms with Gasteiger partial charge in [-0.05, 0) is 215 Å². The molecule has 124 heavy (non-hydrogen) atoms. The molecule has 0 spiro atoms. The number of nitrogens with one attached hydrogen (secondary N) is 5. The third-order valence-electron chi connectivity index (χ3n) is 21.1. The summed E-state index contributed by atoms with van der Waals surface area (Å²) in [5.74, 6) is -5.89. The molecule has 2 fully saturated rings. The van der Waals surface area contributed by atoms with E-state index in [2.05, 4.69) is 26.6 Å². The molecular weight excluding hydrogens is 1650 g/mol. The number of esters is 1. The summed E-state index contributed by atoms with van der Waals surface area (Å²) < 4.78 is 5.32. The van der Waals surface area contributed by atoms with Crippen molar-refractivity contribution in [3.63, 3.8) is 0 Å². The maximum atomic E-state index is 12.8. The molecule has 0 saturated heterocycles. The Kier molecular flexibility index (Phi) is 43.7. The van der Waals surface area contributed by atoms with Gasteiger partial charge in [-0.25, -0.2) is 0 Å². The summed E-state index contributed by atoms with van der Waals surface area (Å²) in [6.45, 7) is 26.4. The number of carbonyl (C=O) groups is 10. The number of halogens is 3. The lowest BCUT2D eigenvalue weighted by Gasteiger charge is -2.41. The number of hydrogen-bond donors (Lipinski definition) is 15. The van der Waals surface area contributed by atoms with Gasteiger partial charge in [0.15, 0.2) is 11.6 Å². The Hall–Kier alpha value is -8.39. The van der Waals surface area contributed by atoms with Crippen LogP contribution in [0.1, 0.15) is 223 Å². The summed E-state index contributed by atoms with van der Waals surface area (Å²) >= 11 is 17.5. The van der Waals surface area contributed by atoms with Crippen LogP contribution in [0.2, 0.25) is 26.7 Å². The fourth-order valence-electron chi connectivity index (χ4n) is 13.5. The van der Waals surface area contributed by atoms with E-state index in [0.29, 0.717) is 84.0 Å². The Morgan fingerprint density at radius 3 is 1.14 bits per heavy atom. The zero-order chi connectivity index (χ0) is 93.4. The molecule has 34 heteroatoms. The Morgan fingerprint density at radius 1 is 0.435 bits per heavy atom. The lowest BCUT2D eigenvalue weighted by atomic mass is 9.65. The molecule has 672 valence electrons. The first kappa shape index (κ1) is 108. The summed E-state index contributed by atoms with van der Waals surface area (Å²) in [5, 5.41) is 111. The molecule has 6 aromatic carbocycles. The van der Waals surface area contributed by atoms with Gasteiger partial charge in [-0.2, -0.15) is 0 Å². The molecule has 15 N–H and O–H groups in total. The molecule has 8 rings (SSSR count). The minimum absolute atomic E-state index is 0.0215. The Labute approximate surface area is 746 Å². The van der Waals surface area contributed by atoms with Crippen LogP contribution in [0.25, 0.3) is 0 Å². The predicted molar refractivity (Wildman–Crippen MR) is 486 cm³/mol. The highest BCUT2D eigenvalue weighted by Crippen LogP contribution is 2.49. The van der Waals surface area contributed by atoms with Crippen molar-refractivity contribution in [3.05, 3.63) is 212 Å². The summed E-state index contributed by atoms with van der Waals surface area (Å²) in [7, 11) is -8.16. The van der Waals surface area contributed by atoms with Gasteiger partial charge in [-0.1, -0.05) is 185 Å². The Bertz CT molecular complexity index is 4260. The molecule has 2 aliphatic carbocycles. The van der Waals surface area contributed by atoms with Crippen LogP contribution >= 0.6 is 34.8 Å². The first-order chi connectivity index (χ1) is 57.7. The lowest BCUT2D eigenvalue weighted by molar-refractivity contribution is -0.163. The summed E-state index contributed by atoms with van der Waals surface area (Å²) in [5.41, 5.74) is 0.229. The second kappa shape index (κ2) is 50.2. The first-order valence-electron chi connectivity index (χ1n) is 41.7. The fourth-order valence-corrected chi connectivity index (χ4v) is 13.9. The first-order valence-corrected chi connectivity index (χ1v) is 42.9. The third-order valence-corrected chi connectivity index (χ3v) is 21.9. The molecule has 5 atom stereocenters. The summed E-state index contributed by atoms with van der Waals surface area (Å²) in [6, 6.07) is 46.0. The van der Waals surface area contributed by atoms with Crippen molar-refractivity contribution < 1.29 is 103 Å². The maximum absolute atomic E-state index is 12.8. The quantitative estimate of drug-likeness (QED) is 0.0126. The molecule has 0 heterocycles. The van der Waals surface area contributed by atoms with E-state index in [4.69, 9.17) is 39.5 Å². The summed E-state index contributed by atoms with van der Waals surface area (Å²) in [6.07, 6.45) is 5.85. The lowest BCUT2D eigenvalue weighted by Crippen LogP contribution is -2.55. The van der Waals surface area contributed by atoms with Crippen molar-refractivity contribution in [2.24, 2.45) is 28.1 Å². The fraction of sp³-hybridized carbons (Fsp3) is 0.489. The van der Waals surface area contributed by atoms with Gasteiger partial charge >= 0.3 is 41.6 Å². The molecule has 2 saturated carbocycles. The molecule has 26 nitrogen and oxygen atoms in total. The third kappa shape index (κ3) is 38.8. The number of rotatable bonds is 39. The SMILES string of the molecule is CC(=O)CC1(C(=O)N[C@@H](Cc2ccccc2)B(O)O)CC1.CC(C)(NC(=O)c1ccc(Cl)cc1)C(=O)C[C@@H](Cc1ccc(Cl)cc1)B(O)O.CC(C)C[C@H](NC(=O)C(C)(C)CC(=O)Cc1ccccc1)B(O)O.CC(C)C[C@H](NC(=O)C1(CC(=O)OC(C)(C)C)CCC1)B(O)O.Cc1ccc(C[C@H](CC(=O)C(C)(C)NC(=O)c2ccc(Cl)cc2)B(O)O)cc1. The molecule has 0 aliphatic heterocycles. The molecule has 6 aromatic rings. The maximum Gasteiger partial charge on any atom is 0.475 e. The predicted octanol–water partition coefficient (Wildman–Crippen LogP) is 10.4. The topological polar surface area (TPSA) is 442 Å². The number of ketones is 4. The smallest absolute Gasteiger partial charge is 0.460 e. The number of ether oxygens (including phenoxy) is 1. The van der Waals surface area contributed by atoms with E-state index >= 15 is 0 Å². The number of Topliss-reactive ketones (excluding diaryl/α,β-unsaturated/α-hetero) is 4. The summed E-state index contributed by atoms with van der Waals surface area (Å²) in [4.78, 5) is 123. The number of hydrogen-bond acceptors (Lipinski definition) is 21.